The summed E-state index contributed by atoms with van der Waals surface area (Å²) >= 11 is 5.78. The van der Waals surface area contributed by atoms with E-state index < -0.39 is 12.6 Å². The zero-order valence-corrected chi connectivity index (χ0v) is 9.41. The molecule has 0 saturated carbocycles. The largest absolute Gasteiger partial charge is 0.462 e. The molecule has 1 N–H and O–H groups in total. The predicted octanol–water partition coefficient (Wildman–Crippen LogP) is 1.88. The molecule has 16 heavy (non-hydrogen) atoms. The van der Waals surface area contributed by atoms with Crippen LogP contribution in [0.1, 0.15) is 28.4 Å². The molecule has 0 aliphatic rings. The van der Waals surface area contributed by atoms with Crippen molar-refractivity contribution in [1.29, 1.82) is 5.26 Å². The molecule has 84 valence electrons. The number of halogens is 1. The van der Waals surface area contributed by atoms with Crippen LogP contribution in [0.2, 0.25) is 5.02 Å². The Bertz CT molecular complexity index is 451. The van der Waals surface area contributed by atoms with E-state index in [0.29, 0.717) is 0 Å². The molecule has 0 unspecified atom stereocenters. The maximum Gasteiger partial charge on any atom is 0.338 e. The second-order valence-electron chi connectivity index (χ2n) is 2.94. The number of nitriles is 1. The first kappa shape index (κ1) is 12.5. The van der Waals surface area contributed by atoms with Gasteiger partial charge in [-0.1, -0.05) is 11.6 Å². The summed E-state index contributed by atoms with van der Waals surface area (Å²) in [5.41, 5.74) is 0.480. The van der Waals surface area contributed by atoms with Crippen molar-refractivity contribution in [2.75, 3.05) is 6.61 Å². The lowest BCUT2D eigenvalue weighted by Gasteiger charge is -2.09. The summed E-state index contributed by atoms with van der Waals surface area (Å²) in [6.45, 7) is 1.48. The van der Waals surface area contributed by atoms with Crippen LogP contribution in [-0.4, -0.2) is 17.7 Å². The summed E-state index contributed by atoms with van der Waals surface area (Å²) in [4.78, 5) is 11.5. The number of hydrogen-bond acceptors (Lipinski definition) is 4. The van der Waals surface area contributed by atoms with Crippen LogP contribution in [0.4, 0.5) is 0 Å². The summed E-state index contributed by atoms with van der Waals surface area (Å²) in [7, 11) is 0. The lowest BCUT2D eigenvalue weighted by atomic mass is 10.0. The standard InChI is InChI=1S/C11H10ClNO3/c1-2-16-11(15)7-3-4-10(12)8(5-13)9(7)6-14/h3-4,14H,2,6H2,1H3. The molecular formula is C11H10ClNO3. The summed E-state index contributed by atoms with van der Waals surface area (Å²) in [5, 5.41) is 18.2. The Morgan fingerprint density at radius 3 is 2.81 bits per heavy atom. The maximum atomic E-state index is 11.5. The number of carbonyl (C=O) groups is 1. The van der Waals surface area contributed by atoms with E-state index in [1.807, 2.05) is 6.07 Å². The van der Waals surface area contributed by atoms with Gasteiger partial charge in [-0.3, -0.25) is 0 Å². The van der Waals surface area contributed by atoms with Crippen LogP contribution < -0.4 is 0 Å². The van der Waals surface area contributed by atoms with Crippen molar-refractivity contribution in [2.45, 2.75) is 13.5 Å². The second-order valence-corrected chi connectivity index (χ2v) is 3.35. The highest BCUT2D eigenvalue weighted by Crippen LogP contribution is 2.23. The fraction of sp³-hybridized carbons (Fsp3) is 0.273. The lowest BCUT2D eigenvalue weighted by molar-refractivity contribution is 0.0523. The smallest absolute Gasteiger partial charge is 0.338 e. The van der Waals surface area contributed by atoms with Crippen LogP contribution in [0.15, 0.2) is 12.1 Å². The number of aliphatic hydroxyl groups is 1. The Labute approximate surface area is 98.0 Å². The molecule has 0 heterocycles. The number of esters is 1. The lowest BCUT2D eigenvalue weighted by Crippen LogP contribution is -2.09. The summed E-state index contributed by atoms with van der Waals surface area (Å²) in [6, 6.07) is 4.73. The third kappa shape index (κ3) is 2.32. The van der Waals surface area contributed by atoms with Crippen molar-refractivity contribution in [3.8, 4) is 6.07 Å². The molecule has 1 rings (SSSR count). The number of benzene rings is 1. The van der Waals surface area contributed by atoms with Gasteiger partial charge in [-0.15, -0.1) is 0 Å². The van der Waals surface area contributed by atoms with Crippen LogP contribution in [0.25, 0.3) is 0 Å². The van der Waals surface area contributed by atoms with E-state index >= 15 is 0 Å². The van der Waals surface area contributed by atoms with Crippen LogP contribution in [-0.2, 0) is 11.3 Å². The first-order chi connectivity index (χ1) is 7.65. The number of rotatable bonds is 3. The molecule has 1 aromatic rings. The minimum absolute atomic E-state index is 0.106. The fourth-order valence-corrected chi connectivity index (χ4v) is 1.52. The zero-order chi connectivity index (χ0) is 12.1. The Morgan fingerprint density at radius 1 is 1.62 bits per heavy atom. The van der Waals surface area contributed by atoms with Crippen molar-refractivity contribution in [3.05, 3.63) is 33.8 Å². The summed E-state index contributed by atoms with van der Waals surface area (Å²) < 4.78 is 4.81. The first-order valence-electron chi connectivity index (χ1n) is 4.65. The average molecular weight is 240 g/mol. The molecule has 0 spiro atoms. The topological polar surface area (TPSA) is 70.3 Å². The van der Waals surface area contributed by atoms with Gasteiger partial charge in [-0.05, 0) is 19.1 Å². The van der Waals surface area contributed by atoms with Crippen molar-refractivity contribution < 1.29 is 14.6 Å². The molecule has 5 heteroatoms. The third-order valence-corrected chi connectivity index (χ3v) is 2.34. The molecule has 0 aromatic heterocycles. The summed E-state index contributed by atoms with van der Waals surface area (Å²) in [5.74, 6) is -0.570. The molecule has 0 atom stereocenters. The van der Waals surface area contributed by atoms with E-state index in [0.717, 1.165) is 0 Å². The average Bonchev–Trinajstić information content (AvgIpc) is 2.28. The molecule has 0 amide bonds. The molecule has 0 radical (unpaired) electrons. The van der Waals surface area contributed by atoms with Gasteiger partial charge in [-0.25, -0.2) is 4.79 Å². The molecular weight excluding hydrogens is 230 g/mol. The molecule has 0 bridgehead atoms. The Balaban J connectivity index is 3.31. The van der Waals surface area contributed by atoms with E-state index in [4.69, 9.17) is 26.7 Å². The maximum absolute atomic E-state index is 11.5. The highest BCUT2D eigenvalue weighted by Gasteiger charge is 2.17. The van der Waals surface area contributed by atoms with Gasteiger partial charge in [0.15, 0.2) is 0 Å². The molecule has 0 saturated heterocycles. The van der Waals surface area contributed by atoms with E-state index in [1.54, 1.807) is 6.92 Å². The molecule has 1 aromatic carbocycles. The third-order valence-electron chi connectivity index (χ3n) is 2.03. The fourth-order valence-electron chi connectivity index (χ4n) is 1.30. The minimum atomic E-state index is -0.570. The van der Waals surface area contributed by atoms with Gasteiger partial charge < -0.3 is 9.84 Å². The van der Waals surface area contributed by atoms with Gasteiger partial charge in [0.25, 0.3) is 0 Å². The van der Waals surface area contributed by atoms with Crippen LogP contribution >= 0.6 is 11.6 Å². The van der Waals surface area contributed by atoms with Crippen molar-refractivity contribution in [1.82, 2.24) is 0 Å². The minimum Gasteiger partial charge on any atom is -0.462 e. The second kappa shape index (κ2) is 5.50. The van der Waals surface area contributed by atoms with Gasteiger partial charge in [0, 0.05) is 5.56 Å². The van der Waals surface area contributed by atoms with Gasteiger partial charge in [0.1, 0.15) is 6.07 Å². The number of ether oxygens (including phenoxy) is 1. The highest BCUT2D eigenvalue weighted by atomic mass is 35.5. The number of aliphatic hydroxyl groups excluding tert-OH is 1. The molecule has 0 aliphatic carbocycles. The zero-order valence-electron chi connectivity index (χ0n) is 8.66. The highest BCUT2D eigenvalue weighted by molar-refractivity contribution is 6.32. The first-order valence-corrected chi connectivity index (χ1v) is 5.03. The molecule has 4 nitrogen and oxygen atoms in total. The predicted molar refractivity (Wildman–Crippen MR) is 58.0 cm³/mol. The van der Waals surface area contributed by atoms with Crippen molar-refractivity contribution >= 4 is 17.6 Å². The monoisotopic (exact) mass is 239 g/mol. The van der Waals surface area contributed by atoms with E-state index in [9.17, 15) is 4.79 Å². The van der Waals surface area contributed by atoms with E-state index in [2.05, 4.69) is 0 Å². The van der Waals surface area contributed by atoms with Crippen LogP contribution in [0.3, 0.4) is 0 Å². The number of carbonyl (C=O) groups excluding carboxylic acids is 1. The molecule has 0 fully saturated rings. The van der Waals surface area contributed by atoms with Gasteiger partial charge >= 0.3 is 5.97 Å². The number of hydrogen-bond donors (Lipinski definition) is 1. The van der Waals surface area contributed by atoms with Gasteiger partial charge in [0.05, 0.1) is 29.4 Å². The van der Waals surface area contributed by atoms with Crippen LogP contribution in [0.5, 0.6) is 0 Å². The summed E-state index contributed by atoms with van der Waals surface area (Å²) in [6.07, 6.45) is 0. The number of nitrogens with zero attached hydrogens (tertiary/aromatic N) is 1. The Morgan fingerprint density at radius 2 is 2.31 bits per heavy atom. The van der Waals surface area contributed by atoms with Gasteiger partial charge in [0.2, 0.25) is 0 Å². The SMILES string of the molecule is CCOC(=O)c1ccc(Cl)c(C#N)c1CO. The Hall–Kier alpha value is -1.57. The normalized spacial score (nSPS) is 9.62. The Kier molecular flexibility index (Phi) is 4.29. The van der Waals surface area contributed by atoms with Gasteiger partial charge in [-0.2, -0.15) is 5.26 Å². The van der Waals surface area contributed by atoms with Crippen LogP contribution in [0, 0.1) is 11.3 Å². The van der Waals surface area contributed by atoms with E-state index in [-0.39, 0.29) is 28.3 Å². The quantitative estimate of drug-likeness (QED) is 0.818. The van der Waals surface area contributed by atoms with Crippen molar-refractivity contribution in [2.24, 2.45) is 0 Å². The molecule has 0 aliphatic heterocycles. The van der Waals surface area contributed by atoms with E-state index in [1.165, 1.54) is 12.1 Å². The van der Waals surface area contributed by atoms with Crippen molar-refractivity contribution in [3.63, 3.8) is 0 Å².